The van der Waals surface area contributed by atoms with E-state index in [2.05, 4.69) is 5.32 Å². The summed E-state index contributed by atoms with van der Waals surface area (Å²) in [5.74, 6) is -0.391. The number of amides is 1. The van der Waals surface area contributed by atoms with Crippen molar-refractivity contribution in [2.24, 2.45) is 0 Å². The molecule has 0 aliphatic heterocycles. The van der Waals surface area contributed by atoms with Crippen molar-refractivity contribution in [3.8, 4) is 0 Å². The molecular weight excluding hydrogens is 404 g/mol. The summed E-state index contributed by atoms with van der Waals surface area (Å²) in [7, 11) is -3.70. The molecule has 5 nitrogen and oxygen atoms in total. The molecule has 0 aliphatic carbocycles. The van der Waals surface area contributed by atoms with Gasteiger partial charge >= 0.3 is 0 Å². The lowest BCUT2D eigenvalue weighted by Gasteiger charge is -2.30. The number of carbonyl (C=O) groups excluding carboxylic acids is 1. The Hall–Kier alpha value is -1.70. The zero-order chi connectivity index (χ0) is 20.2. The van der Waals surface area contributed by atoms with Gasteiger partial charge in [0.05, 0.1) is 11.9 Å². The van der Waals surface area contributed by atoms with Crippen LogP contribution in [0.1, 0.15) is 18.9 Å². The maximum Gasteiger partial charge on any atom is 0.248 e. The van der Waals surface area contributed by atoms with Crippen molar-refractivity contribution < 1.29 is 13.2 Å². The van der Waals surface area contributed by atoms with Crippen molar-refractivity contribution >= 4 is 50.7 Å². The van der Waals surface area contributed by atoms with E-state index in [1.807, 2.05) is 31.4 Å². The molecule has 0 saturated carbocycles. The number of sulfonamides is 1. The molecule has 2 rings (SSSR count). The molecule has 2 aromatic carbocycles. The molecule has 2 aromatic rings. The number of nitrogens with one attached hydrogen (secondary N) is 1. The molecule has 8 heteroatoms. The predicted octanol–water partition coefficient (Wildman–Crippen LogP) is 4.55. The minimum Gasteiger partial charge on any atom is -0.324 e. The maximum atomic E-state index is 12.9. The highest BCUT2D eigenvalue weighted by Crippen LogP contribution is 2.28. The third-order valence-electron chi connectivity index (χ3n) is 4.08. The second kappa shape index (κ2) is 8.99. The van der Waals surface area contributed by atoms with E-state index in [1.54, 1.807) is 43.0 Å². The van der Waals surface area contributed by atoms with Crippen LogP contribution in [0.4, 0.5) is 11.4 Å². The van der Waals surface area contributed by atoms with Crippen LogP contribution < -0.4 is 9.62 Å². The molecule has 0 fully saturated rings. The number of anilines is 2. The van der Waals surface area contributed by atoms with E-state index in [9.17, 15) is 13.2 Å². The molecule has 0 radical (unpaired) electrons. The standard InChI is InChI=1S/C19H23ClN2O3S2/c1-5-18(19(23)21-14-7-6-8-16(11-14)26-3)22(27(4,24)25)15-10-9-13(2)17(20)12-15/h6-12,18H,5H2,1-4H3,(H,21,23)/t18-/m0/s1. The fourth-order valence-electron chi connectivity index (χ4n) is 2.71. The average molecular weight is 427 g/mol. The summed E-state index contributed by atoms with van der Waals surface area (Å²) in [6.07, 6.45) is 3.35. The first-order valence-corrected chi connectivity index (χ1v) is 11.8. The number of halogens is 1. The van der Waals surface area contributed by atoms with E-state index < -0.39 is 22.0 Å². The molecule has 0 bridgehead atoms. The van der Waals surface area contributed by atoms with Crippen molar-refractivity contribution in [3.05, 3.63) is 53.1 Å². The molecule has 0 aromatic heterocycles. The molecular formula is C19H23ClN2O3S2. The fraction of sp³-hybridized carbons (Fsp3) is 0.316. The predicted molar refractivity (Wildman–Crippen MR) is 114 cm³/mol. The van der Waals surface area contributed by atoms with Crippen LogP contribution in [0.5, 0.6) is 0 Å². The summed E-state index contributed by atoms with van der Waals surface area (Å²) < 4.78 is 26.1. The Balaban J connectivity index is 2.39. The van der Waals surface area contributed by atoms with Gasteiger partial charge in [0.1, 0.15) is 6.04 Å². The number of rotatable bonds is 7. The maximum absolute atomic E-state index is 12.9. The third kappa shape index (κ3) is 5.40. The van der Waals surface area contributed by atoms with Crippen molar-refractivity contribution in [2.75, 3.05) is 22.1 Å². The first-order chi connectivity index (χ1) is 12.7. The van der Waals surface area contributed by atoms with Gasteiger partial charge in [0, 0.05) is 15.6 Å². The Labute approximate surface area is 170 Å². The SMILES string of the molecule is CC[C@@H](C(=O)Nc1cccc(SC)c1)N(c1ccc(C)c(Cl)c1)S(C)(=O)=O. The highest BCUT2D eigenvalue weighted by atomic mass is 35.5. The third-order valence-corrected chi connectivity index (χ3v) is 6.39. The molecule has 1 N–H and O–H groups in total. The fourth-order valence-corrected chi connectivity index (χ4v) is 4.54. The van der Waals surface area contributed by atoms with Crippen molar-refractivity contribution in [3.63, 3.8) is 0 Å². The molecule has 27 heavy (non-hydrogen) atoms. The Morgan fingerprint density at radius 3 is 2.52 bits per heavy atom. The van der Waals surface area contributed by atoms with E-state index in [4.69, 9.17) is 11.6 Å². The minimum absolute atomic E-state index is 0.312. The lowest BCUT2D eigenvalue weighted by Crippen LogP contribution is -2.47. The topological polar surface area (TPSA) is 66.5 Å². The van der Waals surface area contributed by atoms with Crippen LogP contribution in [0.2, 0.25) is 5.02 Å². The van der Waals surface area contributed by atoms with Crippen LogP contribution in [-0.4, -0.2) is 32.9 Å². The van der Waals surface area contributed by atoms with E-state index in [1.165, 1.54) is 0 Å². The summed E-state index contributed by atoms with van der Waals surface area (Å²) in [6.45, 7) is 3.61. The average Bonchev–Trinajstić information content (AvgIpc) is 2.61. The first kappa shape index (κ1) is 21.6. The second-order valence-corrected chi connectivity index (χ2v) is 9.28. The summed E-state index contributed by atoms with van der Waals surface area (Å²) in [4.78, 5) is 13.9. The summed E-state index contributed by atoms with van der Waals surface area (Å²) >= 11 is 7.74. The monoisotopic (exact) mass is 426 g/mol. The van der Waals surface area contributed by atoms with Gasteiger partial charge in [-0.1, -0.05) is 30.7 Å². The van der Waals surface area contributed by atoms with Crippen molar-refractivity contribution in [1.29, 1.82) is 0 Å². The van der Waals surface area contributed by atoms with Gasteiger partial charge in [-0.05, 0) is 55.5 Å². The molecule has 0 unspecified atom stereocenters. The lowest BCUT2D eigenvalue weighted by molar-refractivity contribution is -0.117. The van der Waals surface area contributed by atoms with Gasteiger partial charge in [0.2, 0.25) is 15.9 Å². The summed E-state index contributed by atoms with van der Waals surface area (Å²) in [5, 5.41) is 3.27. The van der Waals surface area contributed by atoms with Gasteiger partial charge in [-0.2, -0.15) is 0 Å². The zero-order valence-electron chi connectivity index (χ0n) is 15.7. The molecule has 0 aliphatic rings. The van der Waals surface area contributed by atoms with Crippen LogP contribution in [-0.2, 0) is 14.8 Å². The van der Waals surface area contributed by atoms with E-state index in [0.29, 0.717) is 22.8 Å². The molecule has 146 valence electrons. The Bertz CT molecular complexity index is 932. The van der Waals surface area contributed by atoms with Crippen LogP contribution in [0, 0.1) is 6.92 Å². The van der Waals surface area contributed by atoms with Gasteiger partial charge in [0.15, 0.2) is 0 Å². The molecule has 1 atom stereocenters. The van der Waals surface area contributed by atoms with Gasteiger partial charge in [0.25, 0.3) is 0 Å². The highest BCUT2D eigenvalue weighted by molar-refractivity contribution is 7.98. The molecule has 0 saturated heterocycles. The van der Waals surface area contributed by atoms with Gasteiger partial charge in [-0.15, -0.1) is 11.8 Å². The summed E-state index contributed by atoms with van der Waals surface area (Å²) in [5.41, 5.74) is 1.83. The van der Waals surface area contributed by atoms with Gasteiger partial charge < -0.3 is 5.32 Å². The Morgan fingerprint density at radius 1 is 1.26 bits per heavy atom. The van der Waals surface area contributed by atoms with Crippen LogP contribution in [0.15, 0.2) is 47.4 Å². The van der Waals surface area contributed by atoms with E-state index in [0.717, 1.165) is 21.0 Å². The van der Waals surface area contributed by atoms with Crippen LogP contribution >= 0.6 is 23.4 Å². The van der Waals surface area contributed by atoms with Crippen molar-refractivity contribution in [2.45, 2.75) is 31.2 Å². The number of benzene rings is 2. The molecule has 1 amide bonds. The largest absolute Gasteiger partial charge is 0.324 e. The Morgan fingerprint density at radius 2 is 1.96 bits per heavy atom. The van der Waals surface area contributed by atoms with Gasteiger partial charge in [-0.25, -0.2) is 8.42 Å². The Kier molecular flexibility index (Phi) is 7.19. The number of hydrogen-bond donors (Lipinski definition) is 1. The molecule has 0 heterocycles. The second-order valence-electron chi connectivity index (χ2n) is 6.14. The number of thioether (sulfide) groups is 1. The van der Waals surface area contributed by atoms with Crippen LogP contribution in [0.3, 0.4) is 0 Å². The zero-order valence-corrected chi connectivity index (χ0v) is 18.1. The van der Waals surface area contributed by atoms with Crippen LogP contribution in [0.25, 0.3) is 0 Å². The first-order valence-electron chi connectivity index (χ1n) is 8.37. The number of nitrogens with zero attached hydrogens (tertiary/aromatic N) is 1. The minimum atomic E-state index is -3.70. The van der Waals surface area contributed by atoms with E-state index in [-0.39, 0.29) is 0 Å². The summed E-state index contributed by atoms with van der Waals surface area (Å²) in [6, 6.07) is 11.5. The number of aryl methyl sites for hydroxylation is 1. The van der Waals surface area contributed by atoms with E-state index >= 15 is 0 Å². The number of hydrogen-bond acceptors (Lipinski definition) is 4. The molecule has 0 spiro atoms. The smallest absolute Gasteiger partial charge is 0.248 e. The quantitative estimate of drug-likeness (QED) is 0.659. The van der Waals surface area contributed by atoms with Gasteiger partial charge in [-0.3, -0.25) is 9.10 Å². The lowest BCUT2D eigenvalue weighted by atomic mass is 10.1. The highest BCUT2D eigenvalue weighted by Gasteiger charge is 2.31. The number of carbonyl (C=O) groups is 1. The normalized spacial score (nSPS) is 12.5. The van der Waals surface area contributed by atoms with Crippen molar-refractivity contribution in [1.82, 2.24) is 0 Å².